The Kier molecular flexibility index (Phi) is 3.93. The molecule has 0 spiro atoms. The quantitative estimate of drug-likeness (QED) is 0.851. The van der Waals surface area contributed by atoms with E-state index in [0.29, 0.717) is 19.5 Å². The van der Waals surface area contributed by atoms with Crippen molar-refractivity contribution < 1.29 is 22.5 Å². The number of benzene rings is 1. The topological polar surface area (TPSA) is 58.4 Å². The number of nitrogens with one attached hydrogen (secondary N) is 1. The summed E-state index contributed by atoms with van der Waals surface area (Å²) in [6.45, 7) is 0.693. The second-order valence-electron chi connectivity index (χ2n) is 5.07. The average molecular weight is 346 g/mol. The van der Waals surface area contributed by atoms with E-state index in [1.807, 2.05) is 0 Å². The molecule has 2 aromatic rings. The van der Waals surface area contributed by atoms with Crippen molar-refractivity contribution in [2.45, 2.75) is 19.1 Å². The monoisotopic (exact) mass is 345 g/mol. The maximum absolute atomic E-state index is 12.8. The average Bonchev–Trinajstić information content (AvgIpc) is 2.95. The van der Waals surface area contributed by atoms with Crippen molar-refractivity contribution in [3.8, 4) is 0 Å². The molecule has 1 aromatic heterocycles. The van der Waals surface area contributed by atoms with Gasteiger partial charge in [-0.2, -0.15) is 13.2 Å². The van der Waals surface area contributed by atoms with Gasteiger partial charge in [0.1, 0.15) is 5.76 Å². The van der Waals surface area contributed by atoms with Crippen molar-refractivity contribution in [3.05, 3.63) is 46.3 Å². The van der Waals surface area contributed by atoms with Gasteiger partial charge in [-0.3, -0.25) is 0 Å². The van der Waals surface area contributed by atoms with Crippen molar-refractivity contribution in [3.63, 3.8) is 0 Å². The molecular formula is C14H11ClF3N3O2. The van der Waals surface area contributed by atoms with Crippen LogP contribution in [0.4, 0.5) is 23.7 Å². The second-order valence-corrected chi connectivity index (χ2v) is 5.48. The summed E-state index contributed by atoms with van der Waals surface area (Å²) in [5.41, 5.74) is -0.168. The summed E-state index contributed by atoms with van der Waals surface area (Å²) in [7, 11) is 0. The Hall–Kier alpha value is -2.22. The van der Waals surface area contributed by atoms with Crippen LogP contribution in [0, 0.1) is 0 Å². The normalized spacial score (nSPS) is 14.5. The molecule has 3 rings (SSSR count). The lowest BCUT2D eigenvalue weighted by atomic mass is 10.1. The zero-order valence-corrected chi connectivity index (χ0v) is 12.4. The molecule has 9 heteroatoms. The minimum atomic E-state index is -4.58. The van der Waals surface area contributed by atoms with Gasteiger partial charge < -0.3 is 14.7 Å². The third-order valence-electron chi connectivity index (χ3n) is 3.51. The van der Waals surface area contributed by atoms with Crippen molar-refractivity contribution in [1.82, 2.24) is 10.1 Å². The van der Waals surface area contributed by atoms with Crippen LogP contribution in [0.25, 0.3) is 0 Å². The number of alkyl halides is 3. The molecule has 0 aliphatic carbocycles. The maximum Gasteiger partial charge on any atom is 0.417 e. The first kappa shape index (κ1) is 15.7. The fourth-order valence-electron chi connectivity index (χ4n) is 2.34. The molecule has 1 aromatic carbocycles. The van der Waals surface area contributed by atoms with Crippen LogP contribution in [0.1, 0.15) is 16.9 Å². The predicted molar refractivity (Wildman–Crippen MR) is 76.1 cm³/mol. The van der Waals surface area contributed by atoms with Crippen LogP contribution in [-0.2, 0) is 19.1 Å². The number of fused-ring (bicyclic) bond motifs is 1. The number of anilines is 1. The van der Waals surface area contributed by atoms with E-state index in [4.69, 9.17) is 16.1 Å². The van der Waals surface area contributed by atoms with Gasteiger partial charge in [-0.1, -0.05) is 16.8 Å². The zero-order chi connectivity index (χ0) is 16.6. The molecule has 1 N–H and O–H groups in total. The number of aromatic nitrogens is 1. The summed E-state index contributed by atoms with van der Waals surface area (Å²) >= 11 is 5.55. The van der Waals surface area contributed by atoms with Crippen LogP contribution >= 0.6 is 11.6 Å². The molecule has 0 radical (unpaired) electrons. The smallest absolute Gasteiger partial charge is 0.361 e. The summed E-state index contributed by atoms with van der Waals surface area (Å²) in [6.07, 6.45) is -2.55. The molecule has 0 fully saturated rings. The fourth-order valence-corrected chi connectivity index (χ4v) is 2.56. The highest BCUT2D eigenvalue weighted by Crippen LogP contribution is 2.36. The molecule has 1 aliphatic rings. The first-order chi connectivity index (χ1) is 10.8. The van der Waals surface area contributed by atoms with Crippen molar-refractivity contribution in [2.24, 2.45) is 0 Å². The van der Waals surface area contributed by atoms with Gasteiger partial charge in [-0.25, -0.2) is 4.79 Å². The Morgan fingerprint density at radius 3 is 2.91 bits per heavy atom. The summed E-state index contributed by atoms with van der Waals surface area (Å²) in [5.74, 6) is 0.722. The van der Waals surface area contributed by atoms with Gasteiger partial charge in [0, 0.05) is 24.2 Å². The second kappa shape index (κ2) is 5.77. The number of urea groups is 1. The summed E-state index contributed by atoms with van der Waals surface area (Å²) < 4.78 is 43.5. The van der Waals surface area contributed by atoms with Gasteiger partial charge in [0.25, 0.3) is 0 Å². The lowest BCUT2D eigenvalue weighted by molar-refractivity contribution is -0.137. The highest BCUT2D eigenvalue weighted by Gasteiger charge is 2.33. The number of hydrogen-bond donors (Lipinski definition) is 1. The van der Waals surface area contributed by atoms with E-state index < -0.39 is 22.8 Å². The molecule has 23 heavy (non-hydrogen) atoms. The third-order valence-corrected chi connectivity index (χ3v) is 3.84. The zero-order valence-electron chi connectivity index (χ0n) is 11.7. The van der Waals surface area contributed by atoms with Crippen LogP contribution in [0.2, 0.25) is 5.02 Å². The molecule has 0 unspecified atom stereocenters. The SMILES string of the molecule is O=C(Nc1ccc(Cl)c(C(F)(F)F)c1)N1CCc2oncc2C1. The van der Waals surface area contributed by atoms with Gasteiger partial charge in [0.05, 0.1) is 23.3 Å². The lowest BCUT2D eigenvalue weighted by Gasteiger charge is -2.26. The van der Waals surface area contributed by atoms with Gasteiger partial charge in [0.15, 0.2) is 0 Å². The van der Waals surface area contributed by atoms with Crippen molar-refractivity contribution >= 4 is 23.3 Å². The molecule has 0 atom stereocenters. The van der Waals surface area contributed by atoms with Crippen LogP contribution in [0.3, 0.4) is 0 Å². The van der Waals surface area contributed by atoms with E-state index in [1.54, 1.807) is 0 Å². The Labute approximate surface area is 134 Å². The van der Waals surface area contributed by atoms with E-state index in [-0.39, 0.29) is 5.69 Å². The molecule has 5 nitrogen and oxygen atoms in total. The van der Waals surface area contributed by atoms with E-state index in [1.165, 1.54) is 17.2 Å². The lowest BCUT2D eigenvalue weighted by Crippen LogP contribution is -2.38. The minimum Gasteiger partial charge on any atom is -0.361 e. The number of halogens is 4. The molecule has 1 aliphatic heterocycles. The van der Waals surface area contributed by atoms with Crippen LogP contribution in [-0.4, -0.2) is 22.6 Å². The molecule has 0 saturated carbocycles. The van der Waals surface area contributed by atoms with Gasteiger partial charge >= 0.3 is 12.2 Å². The number of rotatable bonds is 1. The van der Waals surface area contributed by atoms with Gasteiger partial charge in [0.2, 0.25) is 0 Å². The van der Waals surface area contributed by atoms with E-state index >= 15 is 0 Å². The molecule has 0 bridgehead atoms. The highest BCUT2D eigenvalue weighted by molar-refractivity contribution is 6.31. The first-order valence-electron chi connectivity index (χ1n) is 6.69. The number of amides is 2. The van der Waals surface area contributed by atoms with Crippen LogP contribution < -0.4 is 5.32 Å². The Balaban J connectivity index is 1.74. The standard InChI is InChI=1S/C14H11ClF3N3O2/c15-11-2-1-9(5-10(11)14(16,17)18)20-13(22)21-4-3-12-8(7-21)6-19-23-12/h1-2,5-6H,3-4,7H2,(H,20,22). The predicted octanol–water partition coefficient (Wildman–Crippen LogP) is 3.94. The number of nitrogens with zero attached hydrogens (tertiary/aromatic N) is 2. The Bertz CT molecular complexity index is 745. The largest absolute Gasteiger partial charge is 0.417 e. The minimum absolute atomic E-state index is 0.0304. The summed E-state index contributed by atoms with van der Waals surface area (Å²) in [4.78, 5) is 13.7. The fraction of sp³-hybridized carbons (Fsp3) is 0.286. The number of carbonyl (C=O) groups excluding carboxylic acids is 1. The Morgan fingerprint density at radius 2 is 2.17 bits per heavy atom. The van der Waals surface area contributed by atoms with E-state index in [9.17, 15) is 18.0 Å². The van der Waals surface area contributed by atoms with E-state index in [2.05, 4.69) is 10.5 Å². The number of hydrogen-bond acceptors (Lipinski definition) is 3. The molecule has 0 saturated heterocycles. The van der Waals surface area contributed by atoms with E-state index in [0.717, 1.165) is 23.5 Å². The van der Waals surface area contributed by atoms with Crippen LogP contribution in [0.5, 0.6) is 0 Å². The first-order valence-corrected chi connectivity index (χ1v) is 7.07. The van der Waals surface area contributed by atoms with Crippen LogP contribution in [0.15, 0.2) is 28.9 Å². The highest BCUT2D eigenvalue weighted by atomic mass is 35.5. The Morgan fingerprint density at radius 1 is 1.39 bits per heavy atom. The third kappa shape index (κ3) is 3.26. The summed E-state index contributed by atoms with van der Waals surface area (Å²) in [6, 6.07) is 2.75. The summed E-state index contributed by atoms with van der Waals surface area (Å²) in [5, 5.41) is 5.69. The molecule has 122 valence electrons. The molecule has 2 heterocycles. The molecular weight excluding hydrogens is 335 g/mol. The van der Waals surface area contributed by atoms with Gasteiger partial charge in [-0.15, -0.1) is 0 Å². The van der Waals surface area contributed by atoms with Crippen molar-refractivity contribution in [1.29, 1.82) is 0 Å². The van der Waals surface area contributed by atoms with Gasteiger partial charge in [-0.05, 0) is 18.2 Å². The van der Waals surface area contributed by atoms with Crippen molar-refractivity contribution in [2.75, 3.05) is 11.9 Å². The molecule has 2 amide bonds. The number of carbonyl (C=O) groups is 1. The maximum atomic E-state index is 12.8.